The molecule has 25 heavy (non-hydrogen) atoms. The first-order valence-corrected chi connectivity index (χ1v) is 8.48. The van der Waals surface area contributed by atoms with Crippen molar-refractivity contribution in [3.63, 3.8) is 0 Å². The van der Waals surface area contributed by atoms with Gasteiger partial charge in [0.25, 0.3) is 0 Å². The third kappa shape index (κ3) is 5.04. The number of aromatic hydroxyl groups is 1. The van der Waals surface area contributed by atoms with Gasteiger partial charge in [0.1, 0.15) is 5.75 Å². The van der Waals surface area contributed by atoms with Crippen molar-refractivity contribution in [2.45, 2.75) is 19.8 Å². The molecule has 3 N–H and O–H groups in total. The lowest BCUT2D eigenvalue weighted by Gasteiger charge is -2.22. The summed E-state index contributed by atoms with van der Waals surface area (Å²) in [6, 6.07) is 6.41. The Labute approximate surface area is 147 Å². The minimum absolute atomic E-state index is 0.0996. The predicted molar refractivity (Wildman–Crippen MR) is 97.2 cm³/mol. The summed E-state index contributed by atoms with van der Waals surface area (Å²) < 4.78 is 0. The summed E-state index contributed by atoms with van der Waals surface area (Å²) in [5.74, 6) is 0.0996. The molecular weight excluding hydrogens is 322 g/mol. The van der Waals surface area contributed by atoms with E-state index < -0.39 is 6.09 Å². The molecule has 7 nitrogen and oxygen atoms in total. The maximum Gasteiger partial charge on any atom is 0.411 e. The van der Waals surface area contributed by atoms with Crippen molar-refractivity contribution < 1.29 is 20.1 Å². The second-order valence-corrected chi connectivity index (χ2v) is 5.83. The van der Waals surface area contributed by atoms with Crippen molar-refractivity contribution in [3.05, 3.63) is 30.5 Å². The number of hydrogen-bond donors (Lipinski definition) is 3. The fourth-order valence-corrected chi connectivity index (χ4v) is 2.85. The highest BCUT2D eigenvalue weighted by atomic mass is 16.4. The molecular formula is C18H25N3O4. The largest absolute Gasteiger partial charge is 0.508 e. The quantitative estimate of drug-likeness (QED) is 0.603. The number of phenols is 1. The normalized spacial score (nSPS) is 11.2. The van der Waals surface area contributed by atoms with Crippen LogP contribution in [0, 0.1) is 0 Å². The molecule has 1 amide bonds. The first-order chi connectivity index (χ1) is 12.1. The van der Waals surface area contributed by atoms with E-state index in [-0.39, 0.29) is 12.4 Å². The highest BCUT2D eigenvalue weighted by Crippen LogP contribution is 2.28. The molecule has 1 aromatic heterocycles. The molecule has 0 fully saturated rings. The minimum Gasteiger partial charge on any atom is -0.508 e. The maximum atomic E-state index is 11.7. The number of unbranched alkanes of at least 4 members (excludes halogenated alkanes) is 1. The molecule has 0 aliphatic rings. The molecule has 2 rings (SSSR count). The van der Waals surface area contributed by atoms with E-state index in [9.17, 15) is 15.0 Å². The van der Waals surface area contributed by atoms with Crippen molar-refractivity contribution in [1.29, 1.82) is 0 Å². The van der Waals surface area contributed by atoms with Crippen molar-refractivity contribution in [1.82, 2.24) is 9.88 Å². The summed E-state index contributed by atoms with van der Waals surface area (Å²) in [5.41, 5.74) is 1.13. The molecule has 0 saturated carbocycles. The Bertz CT molecular complexity index is 708. The summed E-state index contributed by atoms with van der Waals surface area (Å²) >= 11 is 0. The molecule has 0 saturated heterocycles. The molecule has 136 valence electrons. The lowest BCUT2D eigenvalue weighted by Crippen LogP contribution is -2.32. The van der Waals surface area contributed by atoms with Gasteiger partial charge in [-0.3, -0.25) is 9.88 Å². The van der Waals surface area contributed by atoms with Gasteiger partial charge in [-0.25, -0.2) is 4.79 Å². The number of rotatable bonds is 9. The van der Waals surface area contributed by atoms with E-state index in [1.165, 1.54) is 17.0 Å². The van der Waals surface area contributed by atoms with Crippen LogP contribution in [0.1, 0.15) is 19.8 Å². The molecule has 1 aromatic carbocycles. The van der Waals surface area contributed by atoms with Crippen molar-refractivity contribution in [3.8, 4) is 5.75 Å². The lowest BCUT2D eigenvalue weighted by molar-refractivity contribution is 0.197. The number of aliphatic hydroxyl groups is 1. The summed E-state index contributed by atoms with van der Waals surface area (Å²) in [6.45, 7) is 4.88. The molecule has 0 aliphatic heterocycles. The fourth-order valence-electron chi connectivity index (χ4n) is 2.85. The van der Waals surface area contributed by atoms with Crippen LogP contribution in [0.5, 0.6) is 5.75 Å². The van der Waals surface area contributed by atoms with Gasteiger partial charge >= 0.3 is 6.09 Å². The van der Waals surface area contributed by atoms with Crippen LogP contribution in [-0.2, 0) is 0 Å². The molecule has 7 heteroatoms. The highest BCUT2D eigenvalue weighted by Gasteiger charge is 2.17. The van der Waals surface area contributed by atoms with Crippen LogP contribution in [0.4, 0.5) is 10.5 Å². The second kappa shape index (κ2) is 9.19. The topological polar surface area (TPSA) is 97.1 Å². The van der Waals surface area contributed by atoms with Crippen LogP contribution >= 0.6 is 0 Å². The molecule has 0 bridgehead atoms. The van der Waals surface area contributed by atoms with Crippen molar-refractivity contribution in [2.24, 2.45) is 0 Å². The molecule has 0 radical (unpaired) electrons. The van der Waals surface area contributed by atoms with Crippen LogP contribution in [0.25, 0.3) is 10.9 Å². The van der Waals surface area contributed by atoms with Gasteiger partial charge in [-0.2, -0.15) is 0 Å². The Kier molecular flexibility index (Phi) is 6.97. The van der Waals surface area contributed by atoms with Crippen LogP contribution in [0.3, 0.4) is 0 Å². The van der Waals surface area contributed by atoms with Crippen molar-refractivity contribution >= 4 is 22.7 Å². The van der Waals surface area contributed by atoms with Gasteiger partial charge in [-0.05, 0) is 44.1 Å². The Hall–Kier alpha value is -2.38. The van der Waals surface area contributed by atoms with Crippen LogP contribution < -0.4 is 4.90 Å². The zero-order valence-electron chi connectivity index (χ0n) is 14.4. The number of phenolic OH excluding ortho intramolecular Hbond substituents is 1. The number of nitrogens with zero attached hydrogens (tertiary/aromatic N) is 3. The van der Waals surface area contributed by atoms with Gasteiger partial charge in [-0.1, -0.05) is 6.92 Å². The number of likely N-dealkylation sites (N-methyl/N-ethyl adjacent to an activating group) is 1. The molecule has 0 spiro atoms. The Morgan fingerprint density at radius 3 is 2.60 bits per heavy atom. The number of aliphatic hydroxyl groups excluding tert-OH is 1. The monoisotopic (exact) mass is 347 g/mol. The Morgan fingerprint density at radius 1 is 1.16 bits per heavy atom. The van der Waals surface area contributed by atoms with Crippen LogP contribution in [-0.4, -0.2) is 64.1 Å². The number of aromatic nitrogens is 1. The van der Waals surface area contributed by atoms with Gasteiger partial charge in [0, 0.05) is 30.7 Å². The van der Waals surface area contributed by atoms with Gasteiger partial charge in [0.2, 0.25) is 0 Å². The average molecular weight is 347 g/mol. The summed E-state index contributed by atoms with van der Waals surface area (Å²) in [7, 11) is 0. The zero-order chi connectivity index (χ0) is 18.2. The van der Waals surface area contributed by atoms with Gasteiger partial charge in [0.05, 0.1) is 17.8 Å². The number of amides is 1. The number of hydrogen-bond acceptors (Lipinski definition) is 5. The number of carbonyl (C=O) groups is 1. The average Bonchev–Trinajstić information content (AvgIpc) is 2.59. The van der Waals surface area contributed by atoms with E-state index in [4.69, 9.17) is 5.11 Å². The minimum atomic E-state index is -1.01. The molecule has 0 aliphatic carbocycles. The van der Waals surface area contributed by atoms with Gasteiger partial charge in [0.15, 0.2) is 0 Å². The Balaban J connectivity index is 2.07. The Morgan fingerprint density at radius 2 is 1.92 bits per heavy atom. The van der Waals surface area contributed by atoms with E-state index in [1.807, 2.05) is 6.92 Å². The molecule has 0 unspecified atom stereocenters. The molecule has 1 heterocycles. The third-order valence-corrected chi connectivity index (χ3v) is 4.19. The lowest BCUT2D eigenvalue weighted by atomic mass is 10.1. The molecule has 2 aromatic rings. The zero-order valence-corrected chi connectivity index (χ0v) is 14.4. The fraction of sp³-hybridized carbons (Fsp3) is 0.444. The van der Waals surface area contributed by atoms with E-state index in [0.717, 1.165) is 25.9 Å². The number of fused-ring (bicyclic) bond motifs is 1. The van der Waals surface area contributed by atoms with E-state index >= 15 is 0 Å². The SMILES string of the molecule is CCN(CCO)CCCCN(C(=O)O)c1ccnc2cc(O)ccc12. The number of carboxylic acid groups (broad SMARTS) is 1. The standard InChI is InChI=1S/C18H25N3O4/c1-2-20(11-12-22)9-3-4-10-21(18(24)25)17-7-8-19-16-13-14(23)5-6-15(16)17/h5-8,13,22-23H,2-4,9-12H2,1H3,(H,24,25). The third-order valence-electron chi connectivity index (χ3n) is 4.19. The number of anilines is 1. The first-order valence-electron chi connectivity index (χ1n) is 8.48. The second-order valence-electron chi connectivity index (χ2n) is 5.83. The predicted octanol–water partition coefficient (Wildman–Crippen LogP) is 2.52. The number of pyridine rings is 1. The van der Waals surface area contributed by atoms with Gasteiger partial charge in [-0.15, -0.1) is 0 Å². The smallest absolute Gasteiger partial charge is 0.411 e. The first kappa shape index (κ1) is 19.0. The summed E-state index contributed by atoms with van der Waals surface area (Å²) in [6.07, 6.45) is 2.10. The van der Waals surface area contributed by atoms with E-state index in [1.54, 1.807) is 18.3 Å². The van der Waals surface area contributed by atoms with Crippen molar-refractivity contribution in [2.75, 3.05) is 37.7 Å². The maximum absolute atomic E-state index is 11.7. The highest BCUT2D eigenvalue weighted by molar-refractivity contribution is 5.99. The van der Waals surface area contributed by atoms with Crippen LogP contribution in [0.2, 0.25) is 0 Å². The van der Waals surface area contributed by atoms with E-state index in [2.05, 4.69) is 9.88 Å². The summed E-state index contributed by atoms with van der Waals surface area (Å²) in [5, 5.41) is 28.9. The summed E-state index contributed by atoms with van der Waals surface area (Å²) in [4.78, 5) is 19.4. The molecule has 0 atom stereocenters. The van der Waals surface area contributed by atoms with E-state index in [0.29, 0.717) is 29.7 Å². The number of benzene rings is 1. The van der Waals surface area contributed by atoms with Gasteiger partial charge < -0.3 is 20.2 Å². The van der Waals surface area contributed by atoms with Crippen LogP contribution in [0.15, 0.2) is 30.5 Å².